The van der Waals surface area contributed by atoms with Crippen molar-refractivity contribution < 1.29 is 19.0 Å². The van der Waals surface area contributed by atoms with Gasteiger partial charge in [-0.3, -0.25) is 14.9 Å². The summed E-state index contributed by atoms with van der Waals surface area (Å²) in [5.74, 6) is 1.03. The fourth-order valence-electron chi connectivity index (χ4n) is 2.36. The summed E-state index contributed by atoms with van der Waals surface area (Å²) in [6.07, 6.45) is 0.337. The first-order valence-electron chi connectivity index (χ1n) is 8.06. The molecule has 0 atom stereocenters. The van der Waals surface area contributed by atoms with E-state index >= 15 is 0 Å². The maximum atomic E-state index is 12.1. The molecule has 3 aromatic rings. The molecule has 1 amide bonds. The van der Waals surface area contributed by atoms with Gasteiger partial charge in [-0.25, -0.2) is 0 Å². The number of hydrogen-bond donors (Lipinski definition) is 1. The van der Waals surface area contributed by atoms with E-state index in [0.717, 1.165) is 0 Å². The van der Waals surface area contributed by atoms with Crippen molar-refractivity contribution in [3.8, 4) is 17.1 Å². The van der Waals surface area contributed by atoms with Gasteiger partial charge in [-0.15, -0.1) is 0 Å². The molecule has 0 fully saturated rings. The highest BCUT2D eigenvalue weighted by atomic mass is 16.6. The van der Waals surface area contributed by atoms with Crippen molar-refractivity contribution in [1.29, 1.82) is 0 Å². The minimum absolute atomic E-state index is 0.0504. The molecule has 2 aromatic carbocycles. The van der Waals surface area contributed by atoms with Gasteiger partial charge >= 0.3 is 0 Å². The molecule has 0 aliphatic carbocycles. The molecule has 1 aromatic heterocycles. The summed E-state index contributed by atoms with van der Waals surface area (Å²) < 4.78 is 10.2. The lowest BCUT2D eigenvalue weighted by molar-refractivity contribution is -0.384. The third-order valence-corrected chi connectivity index (χ3v) is 3.76. The highest BCUT2D eigenvalue weighted by molar-refractivity contribution is 5.94. The van der Waals surface area contributed by atoms with Crippen molar-refractivity contribution in [3.63, 3.8) is 0 Å². The lowest BCUT2D eigenvalue weighted by Gasteiger charge is -2.04. The Labute approximate surface area is 154 Å². The van der Waals surface area contributed by atoms with E-state index < -0.39 is 4.92 Å². The SMILES string of the molecule is COc1ccc(C(=O)NCCc2nc(-c3cccc([N+](=O)[O-])c3)no2)cc1. The summed E-state index contributed by atoms with van der Waals surface area (Å²) >= 11 is 0. The van der Waals surface area contributed by atoms with E-state index in [2.05, 4.69) is 15.5 Å². The zero-order valence-corrected chi connectivity index (χ0v) is 14.4. The molecule has 0 aliphatic rings. The number of nitrogens with one attached hydrogen (secondary N) is 1. The maximum Gasteiger partial charge on any atom is 0.270 e. The van der Waals surface area contributed by atoms with Crippen LogP contribution in [0.1, 0.15) is 16.2 Å². The lowest BCUT2D eigenvalue weighted by Crippen LogP contribution is -2.25. The third-order valence-electron chi connectivity index (χ3n) is 3.76. The van der Waals surface area contributed by atoms with Gasteiger partial charge in [0.1, 0.15) is 5.75 Å². The summed E-state index contributed by atoms with van der Waals surface area (Å²) in [5.41, 5.74) is 0.950. The van der Waals surface area contributed by atoms with Crippen LogP contribution in [-0.4, -0.2) is 34.6 Å². The fourth-order valence-corrected chi connectivity index (χ4v) is 2.36. The number of aromatic nitrogens is 2. The molecule has 0 aliphatic heterocycles. The molecule has 0 saturated heterocycles. The Bertz CT molecular complexity index is 952. The second-order valence-electron chi connectivity index (χ2n) is 5.55. The predicted molar refractivity (Wildman–Crippen MR) is 95.4 cm³/mol. The topological polar surface area (TPSA) is 120 Å². The van der Waals surface area contributed by atoms with E-state index in [-0.39, 0.29) is 17.4 Å². The molecule has 1 N–H and O–H groups in total. The molecule has 3 rings (SSSR count). The molecular formula is C18H16N4O5. The van der Waals surface area contributed by atoms with Crippen LogP contribution in [-0.2, 0) is 6.42 Å². The van der Waals surface area contributed by atoms with Gasteiger partial charge in [0.25, 0.3) is 11.6 Å². The first kappa shape index (κ1) is 18.1. The highest BCUT2D eigenvalue weighted by Crippen LogP contribution is 2.21. The van der Waals surface area contributed by atoms with Gasteiger partial charge in [-0.1, -0.05) is 17.3 Å². The zero-order valence-electron chi connectivity index (χ0n) is 14.4. The molecule has 0 bridgehead atoms. The Morgan fingerprint density at radius 3 is 2.74 bits per heavy atom. The summed E-state index contributed by atoms with van der Waals surface area (Å²) in [6, 6.07) is 12.7. The average Bonchev–Trinajstić information content (AvgIpc) is 3.17. The predicted octanol–water partition coefficient (Wildman–Crippen LogP) is 2.63. The van der Waals surface area contributed by atoms with Gasteiger partial charge in [0.05, 0.1) is 12.0 Å². The van der Waals surface area contributed by atoms with E-state index in [1.54, 1.807) is 43.5 Å². The highest BCUT2D eigenvalue weighted by Gasteiger charge is 2.13. The van der Waals surface area contributed by atoms with Crippen molar-refractivity contribution >= 4 is 11.6 Å². The second kappa shape index (κ2) is 8.09. The third kappa shape index (κ3) is 4.46. The van der Waals surface area contributed by atoms with Gasteiger partial charge in [0.15, 0.2) is 0 Å². The van der Waals surface area contributed by atoms with Crippen LogP contribution in [0.4, 0.5) is 5.69 Å². The van der Waals surface area contributed by atoms with Gasteiger partial charge in [-0.05, 0) is 24.3 Å². The Morgan fingerprint density at radius 2 is 2.04 bits per heavy atom. The lowest BCUT2D eigenvalue weighted by atomic mass is 10.2. The normalized spacial score (nSPS) is 10.4. The van der Waals surface area contributed by atoms with Crippen LogP contribution < -0.4 is 10.1 Å². The second-order valence-corrected chi connectivity index (χ2v) is 5.55. The number of carbonyl (C=O) groups is 1. The summed E-state index contributed by atoms with van der Waals surface area (Å²) in [6.45, 7) is 0.307. The number of amides is 1. The van der Waals surface area contributed by atoms with Crippen molar-refractivity contribution in [2.75, 3.05) is 13.7 Å². The number of nitro benzene ring substituents is 1. The van der Waals surface area contributed by atoms with Crippen molar-refractivity contribution in [1.82, 2.24) is 15.5 Å². The number of carbonyl (C=O) groups excluding carboxylic acids is 1. The number of nitrogens with zero attached hydrogens (tertiary/aromatic N) is 3. The number of methoxy groups -OCH3 is 1. The summed E-state index contributed by atoms with van der Waals surface area (Å²) in [7, 11) is 1.56. The van der Waals surface area contributed by atoms with Crippen molar-refractivity contribution in [2.45, 2.75) is 6.42 Å². The smallest absolute Gasteiger partial charge is 0.270 e. The number of benzene rings is 2. The van der Waals surface area contributed by atoms with Gasteiger partial charge in [-0.2, -0.15) is 4.98 Å². The molecule has 9 heteroatoms. The first-order chi connectivity index (χ1) is 13.1. The molecule has 0 radical (unpaired) electrons. The van der Waals surface area contributed by atoms with Crippen LogP contribution in [0.15, 0.2) is 53.1 Å². The quantitative estimate of drug-likeness (QED) is 0.502. The standard InChI is InChI=1S/C18H16N4O5/c1-26-15-7-5-12(6-8-15)18(23)19-10-9-16-20-17(21-27-16)13-3-2-4-14(11-13)22(24)25/h2-8,11H,9-10H2,1H3,(H,19,23). The van der Waals surface area contributed by atoms with Gasteiger partial charge < -0.3 is 14.6 Å². The molecule has 27 heavy (non-hydrogen) atoms. The molecule has 9 nitrogen and oxygen atoms in total. The van der Waals surface area contributed by atoms with E-state index in [1.165, 1.54) is 12.1 Å². The van der Waals surface area contributed by atoms with Crippen LogP contribution in [0.25, 0.3) is 11.4 Å². The van der Waals surface area contributed by atoms with Crippen LogP contribution in [0.5, 0.6) is 5.75 Å². The van der Waals surface area contributed by atoms with Crippen LogP contribution in [0.3, 0.4) is 0 Å². The Balaban J connectivity index is 1.57. The van der Waals surface area contributed by atoms with E-state index in [0.29, 0.717) is 35.7 Å². The molecule has 0 saturated carbocycles. The van der Waals surface area contributed by atoms with Crippen LogP contribution in [0.2, 0.25) is 0 Å². The van der Waals surface area contributed by atoms with E-state index in [1.807, 2.05) is 0 Å². The van der Waals surface area contributed by atoms with Gasteiger partial charge in [0.2, 0.25) is 11.7 Å². The minimum Gasteiger partial charge on any atom is -0.497 e. The average molecular weight is 368 g/mol. The summed E-state index contributed by atoms with van der Waals surface area (Å²) in [4.78, 5) is 26.6. The van der Waals surface area contributed by atoms with E-state index in [9.17, 15) is 14.9 Å². The molecular weight excluding hydrogens is 352 g/mol. The molecule has 1 heterocycles. The zero-order chi connectivity index (χ0) is 19.2. The number of hydrogen-bond acceptors (Lipinski definition) is 7. The van der Waals surface area contributed by atoms with E-state index in [4.69, 9.17) is 9.26 Å². The largest absolute Gasteiger partial charge is 0.497 e. The van der Waals surface area contributed by atoms with Crippen molar-refractivity contribution in [2.24, 2.45) is 0 Å². The molecule has 138 valence electrons. The van der Waals surface area contributed by atoms with Gasteiger partial charge in [0, 0.05) is 36.2 Å². The number of nitro groups is 1. The number of ether oxygens (including phenoxy) is 1. The van der Waals surface area contributed by atoms with Crippen LogP contribution in [0, 0.1) is 10.1 Å². The fraction of sp³-hybridized carbons (Fsp3) is 0.167. The summed E-state index contributed by atoms with van der Waals surface area (Å²) in [5, 5.41) is 17.4. The monoisotopic (exact) mass is 368 g/mol. The molecule has 0 spiro atoms. The minimum atomic E-state index is -0.487. The Hall–Kier alpha value is -3.75. The molecule has 0 unspecified atom stereocenters. The number of non-ortho nitro benzene ring substituents is 1. The Kier molecular flexibility index (Phi) is 5.41. The first-order valence-corrected chi connectivity index (χ1v) is 8.06. The number of rotatable bonds is 7. The Morgan fingerprint density at radius 1 is 1.26 bits per heavy atom. The van der Waals surface area contributed by atoms with Crippen LogP contribution >= 0.6 is 0 Å². The maximum absolute atomic E-state index is 12.1. The van der Waals surface area contributed by atoms with Crippen molar-refractivity contribution in [3.05, 3.63) is 70.1 Å².